The number of fused-ring (bicyclic) bond motifs is 2. The summed E-state index contributed by atoms with van der Waals surface area (Å²) in [6.45, 7) is 5.60. The van der Waals surface area contributed by atoms with Crippen LogP contribution in [-0.4, -0.2) is 51.8 Å². The Labute approximate surface area is 220 Å². The first kappa shape index (κ1) is 24.2. The molecule has 0 bridgehead atoms. The lowest BCUT2D eigenvalue weighted by molar-refractivity contribution is -0.123. The lowest BCUT2D eigenvalue weighted by Gasteiger charge is -2.26. The quantitative estimate of drug-likeness (QED) is 0.319. The number of para-hydroxylation sites is 1. The molecule has 2 aliphatic heterocycles. The van der Waals surface area contributed by atoms with Gasteiger partial charge in [0.25, 0.3) is 11.8 Å². The van der Waals surface area contributed by atoms with Gasteiger partial charge in [-0.2, -0.15) is 0 Å². The Morgan fingerprint density at radius 2 is 1.68 bits per heavy atom. The molecule has 194 valence electrons. The summed E-state index contributed by atoms with van der Waals surface area (Å²) in [6, 6.07) is 13.5. The number of hydrogen-bond acceptors (Lipinski definition) is 4. The number of aromatic amines is 1. The van der Waals surface area contributed by atoms with Gasteiger partial charge in [0.1, 0.15) is 0 Å². The predicted molar refractivity (Wildman–Crippen MR) is 149 cm³/mol. The molecular formula is C30H31N5O3. The number of aryl methyl sites for hydroxylation is 1. The van der Waals surface area contributed by atoms with Gasteiger partial charge < -0.3 is 19.8 Å². The highest BCUT2D eigenvalue weighted by molar-refractivity contribution is 6.50. The molecule has 8 heteroatoms. The minimum atomic E-state index is -0.410. The second-order valence-corrected chi connectivity index (χ2v) is 10.2. The van der Waals surface area contributed by atoms with Crippen LogP contribution in [-0.2, 0) is 20.9 Å². The molecule has 38 heavy (non-hydrogen) atoms. The second-order valence-electron chi connectivity index (χ2n) is 10.2. The summed E-state index contributed by atoms with van der Waals surface area (Å²) in [5.41, 5.74) is 4.62. The molecule has 0 saturated carbocycles. The van der Waals surface area contributed by atoms with Crippen LogP contribution in [0.4, 0.5) is 5.69 Å². The van der Waals surface area contributed by atoms with Crippen LogP contribution in [0.25, 0.3) is 33.0 Å². The number of nitrogens with one attached hydrogen (secondary N) is 3. The van der Waals surface area contributed by atoms with Crippen LogP contribution in [0.5, 0.6) is 0 Å². The molecule has 6 rings (SSSR count). The molecule has 0 unspecified atom stereocenters. The molecule has 2 aromatic heterocycles. The van der Waals surface area contributed by atoms with Crippen molar-refractivity contribution >= 4 is 56.4 Å². The molecule has 0 aliphatic carbocycles. The zero-order chi connectivity index (χ0) is 26.2. The van der Waals surface area contributed by atoms with Crippen molar-refractivity contribution in [3.63, 3.8) is 0 Å². The van der Waals surface area contributed by atoms with Crippen molar-refractivity contribution in [3.05, 3.63) is 66.0 Å². The third-order valence-electron chi connectivity index (χ3n) is 7.58. The van der Waals surface area contributed by atoms with E-state index in [0.29, 0.717) is 28.0 Å². The molecule has 0 atom stereocenters. The van der Waals surface area contributed by atoms with E-state index in [1.807, 2.05) is 48.7 Å². The largest absolute Gasteiger partial charge is 0.361 e. The van der Waals surface area contributed by atoms with Crippen LogP contribution in [0.2, 0.25) is 0 Å². The van der Waals surface area contributed by atoms with Crippen LogP contribution < -0.4 is 10.6 Å². The SMILES string of the molecule is CC(=O)Nc1ccc2c(c1)c(C1=C(c3c[nH]c4ccccc34)C(=O)NC1=O)cn2CCCN1CCCCC1. The molecule has 1 fully saturated rings. The Bertz CT molecular complexity index is 1600. The number of likely N-dealkylation sites (tertiary alicyclic amines) is 1. The minimum Gasteiger partial charge on any atom is -0.361 e. The molecule has 8 nitrogen and oxygen atoms in total. The fraction of sp³-hybridized carbons (Fsp3) is 0.300. The van der Waals surface area contributed by atoms with Crippen molar-refractivity contribution in [2.24, 2.45) is 0 Å². The van der Waals surface area contributed by atoms with Crippen molar-refractivity contribution in [3.8, 4) is 0 Å². The van der Waals surface area contributed by atoms with Crippen molar-refractivity contribution in [1.82, 2.24) is 19.8 Å². The van der Waals surface area contributed by atoms with E-state index in [0.717, 1.165) is 54.4 Å². The summed E-state index contributed by atoms with van der Waals surface area (Å²) in [7, 11) is 0. The minimum absolute atomic E-state index is 0.167. The van der Waals surface area contributed by atoms with E-state index in [9.17, 15) is 14.4 Å². The summed E-state index contributed by atoms with van der Waals surface area (Å²) in [4.78, 5) is 43.9. The Morgan fingerprint density at radius 3 is 2.47 bits per heavy atom. The van der Waals surface area contributed by atoms with Gasteiger partial charge in [-0.15, -0.1) is 0 Å². The van der Waals surface area contributed by atoms with Crippen molar-refractivity contribution in [2.45, 2.75) is 39.2 Å². The normalized spacial score (nSPS) is 16.6. The zero-order valence-corrected chi connectivity index (χ0v) is 21.5. The molecule has 0 radical (unpaired) electrons. The van der Waals surface area contributed by atoms with Gasteiger partial charge in [-0.1, -0.05) is 24.6 Å². The maximum Gasteiger partial charge on any atom is 0.259 e. The molecule has 4 heterocycles. The predicted octanol–water partition coefficient (Wildman–Crippen LogP) is 4.52. The number of rotatable bonds is 7. The fourth-order valence-corrected chi connectivity index (χ4v) is 5.86. The van der Waals surface area contributed by atoms with Gasteiger partial charge in [0, 0.05) is 64.5 Å². The summed E-state index contributed by atoms with van der Waals surface area (Å²) in [5, 5.41) is 7.08. The van der Waals surface area contributed by atoms with E-state index in [1.165, 1.54) is 26.2 Å². The topological polar surface area (TPSA) is 99.2 Å². The third kappa shape index (κ3) is 4.41. The Balaban J connectivity index is 1.46. The number of nitrogens with zero attached hydrogens (tertiary/aromatic N) is 2. The summed E-state index contributed by atoms with van der Waals surface area (Å²) in [5.74, 6) is -0.981. The second kappa shape index (κ2) is 9.95. The molecule has 2 aliphatic rings. The average molecular weight is 510 g/mol. The number of aromatic nitrogens is 2. The zero-order valence-electron chi connectivity index (χ0n) is 21.5. The Hall–Kier alpha value is -4.17. The van der Waals surface area contributed by atoms with Gasteiger partial charge in [0.15, 0.2) is 0 Å². The van der Waals surface area contributed by atoms with Crippen LogP contribution in [0, 0.1) is 0 Å². The number of carbonyl (C=O) groups excluding carboxylic acids is 3. The molecular weight excluding hydrogens is 478 g/mol. The van der Waals surface area contributed by atoms with E-state index >= 15 is 0 Å². The Morgan fingerprint density at radius 1 is 0.921 bits per heavy atom. The van der Waals surface area contributed by atoms with E-state index in [1.54, 1.807) is 6.20 Å². The first-order valence-corrected chi connectivity index (χ1v) is 13.3. The number of anilines is 1. The highest BCUT2D eigenvalue weighted by atomic mass is 16.2. The van der Waals surface area contributed by atoms with Crippen molar-refractivity contribution in [2.75, 3.05) is 25.0 Å². The van der Waals surface area contributed by atoms with Crippen LogP contribution >= 0.6 is 0 Å². The standard InChI is InChI=1S/C30H31N5O3/c1-19(36)32-20-10-11-26-22(16-20)24(18-35(26)15-7-14-34-12-5-2-6-13-34)28-27(29(37)33-30(28)38)23-17-31-25-9-4-3-8-21(23)25/h3-4,8-11,16-18,31H,2,5-7,12-15H2,1H3,(H,32,36)(H,33,37,38). The molecule has 1 saturated heterocycles. The number of imide groups is 1. The van der Waals surface area contributed by atoms with E-state index in [4.69, 9.17) is 0 Å². The van der Waals surface area contributed by atoms with Crippen LogP contribution in [0.1, 0.15) is 43.7 Å². The van der Waals surface area contributed by atoms with Gasteiger partial charge in [0.05, 0.1) is 11.1 Å². The number of benzene rings is 2. The van der Waals surface area contributed by atoms with Crippen molar-refractivity contribution in [1.29, 1.82) is 0 Å². The number of piperidine rings is 1. The van der Waals surface area contributed by atoms with Gasteiger partial charge in [0.2, 0.25) is 5.91 Å². The molecule has 0 spiro atoms. The van der Waals surface area contributed by atoms with Crippen LogP contribution in [0.15, 0.2) is 54.9 Å². The summed E-state index contributed by atoms with van der Waals surface area (Å²) >= 11 is 0. The van der Waals surface area contributed by atoms with E-state index in [-0.39, 0.29) is 5.91 Å². The molecule has 4 aromatic rings. The molecule has 3 amide bonds. The molecule has 3 N–H and O–H groups in total. The average Bonchev–Trinajstić information content (AvgIpc) is 3.57. The van der Waals surface area contributed by atoms with Gasteiger partial charge in [-0.05, 0) is 63.2 Å². The lowest BCUT2D eigenvalue weighted by Crippen LogP contribution is -2.31. The summed E-state index contributed by atoms with van der Waals surface area (Å²) < 4.78 is 2.17. The highest BCUT2D eigenvalue weighted by Crippen LogP contribution is 2.39. The first-order chi connectivity index (χ1) is 18.5. The Kier molecular flexibility index (Phi) is 6.33. The number of H-pyrrole nitrogens is 1. The first-order valence-electron chi connectivity index (χ1n) is 13.3. The third-order valence-corrected chi connectivity index (χ3v) is 7.58. The monoisotopic (exact) mass is 509 g/mol. The lowest BCUT2D eigenvalue weighted by atomic mass is 9.95. The van der Waals surface area contributed by atoms with Gasteiger partial charge in [-0.3, -0.25) is 19.7 Å². The van der Waals surface area contributed by atoms with E-state index in [2.05, 4.69) is 25.1 Å². The number of hydrogen-bond donors (Lipinski definition) is 3. The van der Waals surface area contributed by atoms with Crippen molar-refractivity contribution < 1.29 is 14.4 Å². The summed E-state index contributed by atoms with van der Waals surface area (Å²) in [6.07, 6.45) is 8.59. The maximum atomic E-state index is 13.3. The van der Waals surface area contributed by atoms with Gasteiger partial charge >= 0.3 is 0 Å². The highest BCUT2D eigenvalue weighted by Gasteiger charge is 2.35. The maximum absolute atomic E-state index is 13.3. The smallest absolute Gasteiger partial charge is 0.259 e. The van der Waals surface area contributed by atoms with Gasteiger partial charge in [-0.25, -0.2) is 0 Å². The number of amides is 3. The fourth-order valence-electron chi connectivity index (χ4n) is 5.86. The number of carbonyl (C=O) groups is 3. The van der Waals surface area contributed by atoms with E-state index < -0.39 is 11.8 Å². The van der Waals surface area contributed by atoms with Crippen LogP contribution in [0.3, 0.4) is 0 Å². The molecule has 2 aromatic carbocycles.